The molecule has 4 aromatic heterocycles. The van der Waals surface area contributed by atoms with Gasteiger partial charge in [0, 0.05) is 49.8 Å². The standard InChI is InChI=1S/C42H26N4.Pt/c1-3-11-31-27(9-1)23-24-43-42(31)46-39-16-8-5-13-33(39)35-21-19-30(26-41(35)46)45-38-15-7-4-12-32(38)34-20-17-29(25-40(34)45)37-22-18-28-10-2-6-14-36(28)44-37;/h1-26H;/q;+2. The van der Waals surface area contributed by atoms with E-state index in [-0.39, 0.29) is 21.1 Å². The van der Waals surface area contributed by atoms with Crippen LogP contribution in [0.15, 0.2) is 158 Å². The van der Waals surface area contributed by atoms with E-state index in [9.17, 15) is 0 Å². The normalized spacial score (nSPS) is 11.7. The summed E-state index contributed by atoms with van der Waals surface area (Å²) in [6.07, 6.45) is 1.91. The van der Waals surface area contributed by atoms with Crippen molar-refractivity contribution < 1.29 is 21.1 Å². The SMILES string of the molecule is [Pt+2].c1ccc2nc(-c3ccc4c5ccccc5n(-c5ccc6c7ccccc7n(-c7nccc8ccccc78)c6c5)c4c3)ccc2c1. The quantitative estimate of drug-likeness (QED) is 0.179. The van der Waals surface area contributed by atoms with Crippen LogP contribution in [-0.2, 0) is 21.1 Å². The molecule has 5 heteroatoms. The van der Waals surface area contributed by atoms with Crippen molar-refractivity contribution in [1.29, 1.82) is 0 Å². The molecule has 0 aliphatic rings. The van der Waals surface area contributed by atoms with Gasteiger partial charge < -0.3 is 4.57 Å². The van der Waals surface area contributed by atoms with Crippen LogP contribution >= 0.6 is 0 Å². The molecule has 4 heterocycles. The van der Waals surface area contributed by atoms with Gasteiger partial charge in [-0.3, -0.25) is 4.57 Å². The van der Waals surface area contributed by atoms with Gasteiger partial charge in [-0.2, -0.15) is 0 Å². The molecule has 6 aromatic carbocycles. The van der Waals surface area contributed by atoms with E-state index in [1.165, 1.54) is 32.4 Å². The maximum Gasteiger partial charge on any atom is 2.00 e. The number of aromatic nitrogens is 4. The zero-order valence-electron chi connectivity index (χ0n) is 25.1. The minimum absolute atomic E-state index is 0. The van der Waals surface area contributed by atoms with E-state index >= 15 is 0 Å². The minimum atomic E-state index is 0. The molecule has 0 aliphatic carbocycles. The molecule has 0 saturated carbocycles. The number of hydrogen-bond donors (Lipinski definition) is 0. The molecule has 0 atom stereocenters. The van der Waals surface area contributed by atoms with E-state index in [0.717, 1.165) is 55.6 Å². The van der Waals surface area contributed by atoms with Crippen LogP contribution in [0.4, 0.5) is 0 Å². The van der Waals surface area contributed by atoms with Gasteiger partial charge in [-0.1, -0.05) is 103 Å². The smallest absolute Gasteiger partial charge is 0.309 e. The third-order valence-electron chi connectivity index (χ3n) is 9.35. The predicted molar refractivity (Wildman–Crippen MR) is 191 cm³/mol. The van der Waals surface area contributed by atoms with Gasteiger partial charge in [0.2, 0.25) is 0 Å². The van der Waals surface area contributed by atoms with Crippen molar-refractivity contribution in [2.24, 2.45) is 0 Å². The van der Waals surface area contributed by atoms with E-state index in [1.807, 2.05) is 12.3 Å². The van der Waals surface area contributed by atoms with Crippen LogP contribution in [0.5, 0.6) is 0 Å². The molecular formula is C42H26N4Pt+2. The maximum atomic E-state index is 5.02. The third kappa shape index (κ3) is 4.19. The van der Waals surface area contributed by atoms with Gasteiger partial charge in [-0.05, 0) is 53.9 Å². The van der Waals surface area contributed by atoms with Gasteiger partial charge in [0.05, 0.1) is 33.3 Å². The Morgan fingerprint density at radius 2 is 1.04 bits per heavy atom. The summed E-state index contributed by atoms with van der Waals surface area (Å²) >= 11 is 0. The van der Waals surface area contributed by atoms with E-state index < -0.39 is 0 Å². The summed E-state index contributed by atoms with van der Waals surface area (Å²) in [4.78, 5) is 9.98. The second-order valence-electron chi connectivity index (χ2n) is 11.9. The Kier molecular flexibility index (Phi) is 6.34. The largest absolute Gasteiger partial charge is 2.00 e. The van der Waals surface area contributed by atoms with E-state index in [0.29, 0.717) is 0 Å². The summed E-state index contributed by atoms with van der Waals surface area (Å²) in [6.45, 7) is 0. The van der Waals surface area contributed by atoms with Gasteiger partial charge in [0.15, 0.2) is 0 Å². The Labute approximate surface area is 284 Å². The summed E-state index contributed by atoms with van der Waals surface area (Å²) in [6, 6.07) is 54.0. The van der Waals surface area contributed by atoms with Crippen molar-refractivity contribution in [3.05, 3.63) is 158 Å². The zero-order chi connectivity index (χ0) is 30.2. The van der Waals surface area contributed by atoms with Crippen LogP contribution < -0.4 is 0 Å². The Hall–Kier alpha value is -5.57. The van der Waals surface area contributed by atoms with Gasteiger partial charge in [-0.25, -0.2) is 9.97 Å². The molecule has 0 aliphatic heterocycles. The van der Waals surface area contributed by atoms with Gasteiger partial charge in [0.1, 0.15) is 5.82 Å². The number of benzene rings is 6. The van der Waals surface area contributed by atoms with Crippen LogP contribution in [0.1, 0.15) is 0 Å². The number of nitrogens with zero attached hydrogens (tertiary/aromatic N) is 4. The summed E-state index contributed by atoms with van der Waals surface area (Å²) in [5.41, 5.74) is 8.76. The molecule has 0 fully saturated rings. The van der Waals surface area contributed by atoms with Crippen molar-refractivity contribution >= 4 is 65.3 Å². The fourth-order valence-electron chi connectivity index (χ4n) is 7.24. The second-order valence-corrected chi connectivity index (χ2v) is 11.9. The Morgan fingerprint density at radius 1 is 0.426 bits per heavy atom. The maximum absolute atomic E-state index is 5.02. The molecule has 0 N–H and O–H groups in total. The molecule has 0 amide bonds. The Balaban J connectivity index is 0.00000302. The molecule has 0 radical (unpaired) electrons. The van der Waals surface area contributed by atoms with Crippen molar-refractivity contribution in [2.45, 2.75) is 0 Å². The monoisotopic (exact) mass is 781 g/mol. The average Bonchev–Trinajstić information content (AvgIpc) is 3.63. The summed E-state index contributed by atoms with van der Waals surface area (Å²) < 4.78 is 4.72. The predicted octanol–water partition coefficient (Wildman–Crippen LogP) is 10.6. The third-order valence-corrected chi connectivity index (χ3v) is 9.35. The molecule has 10 aromatic rings. The first-order valence-electron chi connectivity index (χ1n) is 15.6. The number of fused-ring (bicyclic) bond motifs is 8. The fraction of sp³-hybridized carbons (Fsp3) is 0. The molecule has 0 saturated heterocycles. The van der Waals surface area contributed by atoms with Crippen molar-refractivity contribution in [1.82, 2.24) is 19.1 Å². The molecule has 222 valence electrons. The van der Waals surface area contributed by atoms with Crippen LogP contribution in [0.25, 0.3) is 88.0 Å². The van der Waals surface area contributed by atoms with Crippen LogP contribution in [0.2, 0.25) is 0 Å². The number of rotatable bonds is 3. The van der Waals surface area contributed by atoms with Crippen molar-refractivity contribution in [3.8, 4) is 22.8 Å². The molecular weight excluding hydrogens is 756 g/mol. The van der Waals surface area contributed by atoms with Gasteiger partial charge >= 0.3 is 21.1 Å². The number of pyridine rings is 2. The summed E-state index contributed by atoms with van der Waals surface area (Å²) in [5.74, 6) is 0.938. The molecule has 10 rings (SSSR count). The number of hydrogen-bond acceptors (Lipinski definition) is 2. The van der Waals surface area contributed by atoms with E-state index in [4.69, 9.17) is 9.97 Å². The van der Waals surface area contributed by atoms with E-state index in [1.54, 1.807) is 0 Å². The second kappa shape index (κ2) is 10.8. The molecule has 47 heavy (non-hydrogen) atoms. The van der Waals surface area contributed by atoms with Crippen molar-refractivity contribution in [3.63, 3.8) is 0 Å². The summed E-state index contributed by atoms with van der Waals surface area (Å²) in [5, 5.41) is 8.31. The van der Waals surface area contributed by atoms with Crippen molar-refractivity contribution in [2.75, 3.05) is 0 Å². The average molecular weight is 782 g/mol. The Bertz CT molecular complexity index is 2820. The first kappa shape index (κ1) is 27.7. The Morgan fingerprint density at radius 3 is 1.85 bits per heavy atom. The molecule has 0 spiro atoms. The molecule has 4 nitrogen and oxygen atoms in total. The first-order valence-corrected chi connectivity index (χ1v) is 15.6. The van der Waals surface area contributed by atoms with Gasteiger partial charge in [-0.15, -0.1) is 0 Å². The number of para-hydroxylation sites is 3. The van der Waals surface area contributed by atoms with Crippen LogP contribution in [-0.4, -0.2) is 19.1 Å². The minimum Gasteiger partial charge on any atom is -0.309 e. The molecule has 0 bridgehead atoms. The molecule has 0 unspecified atom stereocenters. The first-order chi connectivity index (χ1) is 22.8. The van der Waals surface area contributed by atoms with Crippen LogP contribution in [0, 0.1) is 0 Å². The fourth-order valence-corrected chi connectivity index (χ4v) is 7.24. The summed E-state index contributed by atoms with van der Waals surface area (Å²) in [7, 11) is 0. The van der Waals surface area contributed by atoms with Crippen LogP contribution in [0.3, 0.4) is 0 Å². The topological polar surface area (TPSA) is 35.6 Å². The van der Waals surface area contributed by atoms with Gasteiger partial charge in [0.25, 0.3) is 0 Å². The zero-order valence-corrected chi connectivity index (χ0v) is 27.4. The van der Waals surface area contributed by atoms with E-state index in [2.05, 4.69) is 155 Å².